The molecule has 2 rings (SSSR count). The maximum absolute atomic E-state index is 12.4. The summed E-state index contributed by atoms with van der Waals surface area (Å²) in [6.45, 7) is 5.33. The Kier molecular flexibility index (Phi) is 4.94. The summed E-state index contributed by atoms with van der Waals surface area (Å²) in [6.07, 6.45) is -0.0104. The monoisotopic (exact) mass is 297 g/mol. The van der Waals surface area contributed by atoms with Gasteiger partial charge in [0.05, 0.1) is 11.7 Å². The third-order valence-corrected chi connectivity index (χ3v) is 3.04. The van der Waals surface area contributed by atoms with Crippen LogP contribution in [0.1, 0.15) is 41.5 Å². The average molecular weight is 297 g/mol. The van der Waals surface area contributed by atoms with Crippen LogP contribution in [-0.2, 0) is 0 Å². The summed E-state index contributed by atoms with van der Waals surface area (Å²) in [5, 5.41) is 2.81. The Labute approximate surface area is 130 Å². The van der Waals surface area contributed by atoms with E-state index in [0.717, 1.165) is 0 Å². The molecule has 0 saturated carbocycles. The molecule has 0 atom stereocenters. The largest absolute Gasteiger partial charge is 0.490 e. The number of rotatable bonds is 5. The summed E-state index contributed by atoms with van der Waals surface area (Å²) in [5.74, 6) is 0.302. The Morgan fingerprint density at radius 3 is 2.23 bits per heavy atom. The van der Waals surface area contributed by atoms with Crippen molar-refractivity contribution in [3.05, 3.63) is 59.7 Å². The first-order valence-corrected chi connectivity index (χ1v) is 7.15. The van der Waals surface area contributed by atoms with Crippen molar-refractivity contribution in [1.29, 1.82) is 0 Å². The molecular formula is C18H19NO3. The highest BCUT2D eigenvalue weighted by molar-refractivity contribution is 6.06. The van der Waals surface area contributed by atoms with Gasteiger partial charge in [-0.25, -0.2) is 0 Å². The lowest BCUT2D eigenvalue weighted by Gasteiger charge is -2.14. The third-order valence-electron chi connectivity index (χ3n) is 3.04. The number of para-hydroxylation sites is 1. The number of amides is 1. The first-order chi connectivity index (χ1) is 10.5. The molecule has 0 saturated heterocycles. The van der Waals surface area contributed by atoms with E-state index in [1.54, 1.807) is 42.5 Å². The molecule has 1 amide bonds. The second kappa shape index (κ2) is 6.89. The first-order valence-electron chi connectivity index (χ1n) is 7.15. The molecule has 22 heavy (non-hydrogen) atoms. The molecule has 0 radical (unpaired) electrons. The molecule has 0 heterocycles. The minimum atomic E-state index is -0.244. The number of benzene rings is 2. The summed E-state index contributed by atoms with van der Waals surface area (Å²) in [6, 6.07) is 13.9. The molecule has 0 aromatic heterocycles. The molecular weight excluding hydrogens is 278 g/mol. The molecule has 114 valence electrons. The van der Waals surface area contributed by atoms with E-state index in [4.69, 9.17) is 4.74 Å². The average Bonchev–Trinajstić information content (AvgIpc) is 2.47. The zero-order chi connectivity index (χ0) is 16.1. The van der Waals surface area contributed by atoms with Gasteiger partial charge in [-0.15, -0.1) is 0 Å². The zero-order valence-electron chi connectivity index (χ0n) is 12.9. The SMILES string of the molecule is CC(=O)c1ccc(NC(=O)c2ccccc2OC(C)C)cc1. The van der Waals surface area contributed by atoms with Crippen LogP contribution in [0.3, 0.4) is 0 Å². The van der Waals surface area contributed by atoms with Crippen LogP contribution in [-0.4, -0.2) is 17.8 Å². The van der Waals surface area contributed by atoms with Crippen molar-refractivity contribution in [1.82, 2.24) is 0 Å². The lowest BCUT2D eigenvalue weighted by Crippen LogP contribution is -2.15. The van der Waals surface area contributed by atoms with E-state index < -0.39 is 0 Å². The maximum atomic E-state index is 12.4. The van der Waals surface area contributed by atoms with Crippen LogP contribution in [0.4, 0.5) is 5.69 Å². The molecule has 0 spiro atoms. The van der Waals surface area contributed by atoms with Crippen molar-refractivity contribution in [3.8, 4) is 5.75 Å². The van der Waals surface area contributed by atoms with Gasteiger partial charge < -0.3 is 10.1 Å². The number of anilines is 1. The molecule has 4 heteroatoms. The third kappa shape index (κ3) is 3.95. The molecule has 1 N–H and O–H groups in total. The number of ketones is 1. The van der Waals surface area contributed by atoms with Crippen molar-refractivity contribution in [2.45, 2.75) is 26.9 Å². The number of hydrogen-bond acceptors (Lipinski definition) is 3. The van der Waals surface area contributed by atoms with Gasteiger partial charge in [-0.3, -0.25) is 9.59 Å². The molecule has 2 aromatic rings. The van der Waals surface area contributed by atoms with Crippen LogP contribution in [0.15, 0.2) is 48.5 Å². The number of hydrogen-bond donors (Lipinski definition) is 1. The van der Waals surface area contributed by atoms with E-state index in [0.29, 0.717) is 22.6 Å². The summed E-state index contributed by atoms with van der Waals surface area (Å²) in [7, 11) is 0. The fourth-order valence-corrected chi connectivity index (χ4v) is 2.00. The number of Topliss-reactive ketones (excluding diaryl/α,β-unsaturated/α-hetero) is 1. The molecule has 0 aliphatic heterocycles. The zero-order valence-corrected chi connectivity index (χ0v) is 12.9. The van der Waals surface area contributed by atoms with E-state index >= 15 is 0 Å². The van der Waals surface area contributed by atoms with E-state index in [9.17, 15) is 9.59 Å². The van der Waals surface area contributed by atoms with Crippen LogP contribution >= 0.6 is 0 Å². The number of carbonyl (C=O) groups excluding carboxylic acids is 2. The van der Waals surface area contributed by atoms with Crippen molar-refractivity contribution in [3.63, 3.8) is 0 Å². The van der Waals surface area contributed by atoms with Gasteiger partial charge in [-0.2, -0.15) is 0 Å². The predicted octanol–water partition coefficient (Wildman–Crippen LogP) is 3.93. The lowest BCUT2D eigenvalue weighted by atomic mass is 10.1. The van der Waals surface area contributed by atoms with E-state index in [2.05, 4.69) is 5.32 Å². The van der Waals surface area contributed by atoms with Crippen LogP contribution in [0.5, 0.6) is 5.75 Å². The van der Waals surface area contributed by atoms with Gasteiger partial charge in [-0.05, 0) is 57.2 Å². The van der Waals surface area contributed by atoms with Crippen molar-refractivity contribution in [2.24, 2.45) is 0 Å². The van der Waals surface area contributed by atoms with Gasteiger partial charge in [0.25, 0.3) is 5.91 Å². The highest BCUT2D eigenvalue weighted by Gasteiger charge is 2.13. The van der Waals surface area contributed by atoms with Crippen LogP contribution in [0.25, 0.3) is 0 Å². The van der Waals surface area contributed by atoms with E-state index in [1.807, 2.05) is 19.9 Å². The van der Waals surface area contributed by atoms with E-state index in [1.165, 1.54) is 6.92 Å². The van der Waals surface area contributed by atoms with Gasteiger partial charge >= 0.3 is 0 Å². The normalized spacial score (nSPS) is 10.4. The molecule has 0 aliphatic rings. The molecule has 0 unspecified atom stereocenters. The Bertz CT molecular complexity index is 675. The lowest BCUT2D eigenvalue weighted by molar-refractivity contribution is 0.101. The van der Waals surface area contributed by atoms with Crippen molar-refractivity contribution >= 4 is 17.4 Å². The minimum absolute atomic E-state index is 0.00597. The smallest absolute Gasteiger partial charge is 0.259 e. The quantitative estimate of drug-likeness (QED) is 0.851. The second-order valence-corrected chi connectivity index (χ2v) is 5.25. The second-order valence-electron chi connectivity index (χ2n) is 5.25. The highest BCUT2D eigenvalue weighted by atomic mass is 16.5. The summed E-state index contributed by atoms with van der Waals surface area (Å²) >= 11 is 0. The molecule has 0 fully saturated rings. The summed E-state index contributed by atoms with van der Waals surface area (Å²) in [5.41, 5.74) is 1.72. The first kappa shape index (κ1) is 15.8. The fraction of sp³-hybridized carbons (Fsp3) is 0.222. The van der Waals surface area contributed by atoms with Crippen LogP contribution in [0.2, 0.25) is 0 Å². The van der Waals surface area contributed by atoms with Crippen molar-refractivity contribution in [2.75, 3.05) is 5.32 Å². The molecule has 0 aliphatic carbocycles. The standard InChI is InChI=1S/C18H19NO3/c1-12(2)22-17-7-5-4-6-16(17)18(21)19-15-10-8-14(9-11-15)13(3)20/h4-12H,1-3H3,(H,19,21). The number of nitrogens with one attached hydrogen (secondary N) is 1. The predicted molar refractivity (Wildman–Crippen MR) is 86.6 cm³/mol. The molecule has 4 nitrogen and oxygen atoms in total. The van der Waals surface area contributed by atoms with Gasteiger partial charge in [-0.1, -0.05) is 12.1 Å². The Morgan fingerprint density at radius 1 is 1.00 bits per heavy atom. The maximum Gasteiger partial charge on any atom is 0.259 e. The Hall–Kier alpha value is -2.62. The molecule has 2 aromatic carbocycles. The van der Waals surface area contributed by atoms with Crippen molar-refractivity contribution < 1.29 is 14.3 Å². The van der Waals surface area contributed by atoms with Gasteiger partial charge in [0.1, 0.15) is 5.75 Å². The van der Waals surface area contributed by atoms with Crippen LogP contribution in [0, 0.1) is 0 Å². The summed E-state index contributed by atoms with van der Waals surface area (Å²) in [4.78, 5) is 23.6. The topological polar surface area (TPSA) is 55.4 Å². The number of carbonyl (C=O) groups is 2. The summed E-state index contributed by atoms with van der Waals surface area (Å²) < 4.78 is 5.65. The Morgan fingerprint density at radius 2 is 1.64 bits per heavy atom. The van der Waals surface area contributed by atoms with Gasteiger partial charge in [0.2, 0.25) is 0 Å². The van der Waals surface area contributed by atoms with E-state index in [-0.39, 0.29) is 17.8 Å². The number of ether oxygens (including phenoxy) is 1. The minimum Gasteiger partial charge on any atom is -0.490 e. The highest BCUT2D eigenvalue weighted by Crippen LogP contribution is 2.21. The fourth-order valence-electron chi connectivity index (χ4n) is 2.00. The van der Waals surface area contributed by atoms with Gasteiger partial charge in [0, 0.05) is 11.3 Å². The molecule has 0 bridgehead atoms. The van der Waals surface area contributed by atoms with Gasteiger partial charge in [0.15, 0.2) is 5.78 Å². The Balaban J connectivity index is 2.17. The van der Waals surface area contributed by atoms with Crippen LogP contribution < -0.4 is 10.1 Å².